The number of anilines is 2. The minimum Gasteiger partial charge on any atom is -0.550 e. The van der Waals surface area contributed by atoms with Crippen LogP contribution in [0.4, 0.5) is 49.1 Å². The van der Waals surface area contributed by atoms with Crippen molar-refractivity contribution in [3.63, 3.8) is 0 Å². The summed E-state index contributed by atoms with van der Waals surface area (Å²) in [5.74, 6) is -3.38. The molecule has 1 saturated heterocycles. The largest absolute Gasteiger partial charge is 1.00 e. The summed E-state index contributed by atoms with van der Waals surface area (Å²) in [7, 11) is 0. The van der Waals surface area contributed by atoms with Gasteiger partial charge >= 0.3 is 47.5 Å². The fraction of sp³-hybridized carbons (Fsp3) is 0.632. The third-order valence-electron chi connectivity index (χ3n) is 16.4. The molecule has 0 spiro atoms. The second-order valence-corrected chi connectivity index (χ2v) is 26.2. The van der Waals surface area contributed by atoms with Crippen molar-refractivity contribution in [3.05, 3.63) is 97.8 Å². The van der Waals surface area contributed by atoms with E-state index in [1.807, 2.05) is 44.2 Å². The monoisotopic (exact) mass is 1500 g/mol. The van der Waals surface area contributed by atoms with E-state index >= 15 is 0 Å². The number of aliphatic carboxylic acids is 1. The molecule has 0 aliphatic carbocycles. The topological polar surface area (TPSA) is 297 Å². The maximum Gasteiger partial charge on any atom is 1.00 e. The fourth-order valence-corrected chi connectivity index (χ4v) is 12.1. The molecule has 2 aromatic heterocycles. The molecule has 2 atom stereocenters. The Morgan fingerprint density at radius 3 is 1.44 bits per heavy atom. The number of carboxylic acids is 1. The van der Waals surface area contributed by atoms with Crippen LogP contribution in [0.25, 0.3) is 14.5 Å². The summed E-state index contributed by atoms with van der Waals surface area (Å²) >= 11 is 2.37. The number of hydrogen-bond donors (Lipinski definition) is 1. The first-order valence-corrected chi connectivity index (χ1v) is 37.8. The number of nitriles is 1. The molecule has 0 radical (unpaired) electrons. The van der Waals surface area contributed by atoms with Gasteiger partial charge in [0.2, 0.25) is 16.4 Å². The number of hydrogen-bond acceptors (Lipinski definition) is 25. The molecule has 2 aromatic carbocycles. The van der Waals surface area contributed by atoms with Crippen LogP contribution >= 0.6 is 22.7 Å². The second kappa shape index (κ2) is 59.4. The van der Waals surface area contributed by atoms with Gasteiger partial charge in [0.25, 0.3) is 0 Å². The van der Waals surface area contributed by atoms with E-state index in [1.54, 1.807) is 13.8 Å². The molecule has 29 heteroatoms. The number of aryl methyl sites for hydroxylation is 2. The number of thiophene rings is 2. The molecule has 4 aromatic rings. The molecule has 0 amide bonds. The number of carboxylic acid groups (broad SMARTS) is 1. The number of carbonyl (C=O) groups is 4. The Morgan fingerprint density at radius 2 is 1.03 bits per heavy atom. The second-order valence-electron chi connectivity index (χ2n) is 24.2. The third kappa shape index (κ3) is 39.1. The first kappa shape index (κ1) is 94.4. The zero-order chi connectivity index (χ0) is 76.0. The Hall–Kier alpha value is -6.68. The Kier molecular flexibility index (Phi) is 53.4. The summed E-state index contributed by atoms with van der Waals surface area (Å²) in [5.41, 5.74) is 7.52. The van der Waals surface area contributed by atoms with Crippen LogP contribution in [-0.4, -0.2) is 174 Å². The van der Waals surface area contributed by atoms with Crippen LogP contribution in [0, 0.1) is 70.6 Å². The van der Waals surface area contributed by atoms with Gasteiger partial charge in [0.05, 0.1) is 167 Å². The summed E-state index contributed by atoms with van der Waals surface area (Å²) in [6, 6.07) is 14.0. The molecule has 1 aliphatic heterocycles. The van der Waals surface area contributed by atoms with Gasteiger partial charge in [-0.25, -0.2) is 14.5 Å². The predicted molar refractivity (Wildman–Crippen MR) is 401 cm³/mol. The molecular formula is C76H109N10NaO16S2. The van der Waals surface area contributed by atoms with Crippen molar-refractivity contribution >= 4 is 95.7 Å². The number of benzene rings is 2. The van der Waals surface area contributed by atoms with Gasteiger partial charge in [-0.05, 0) is 106 Å². The number of cyclic esters (lactones) is 2. The number of aliphatic hydroxyl groups is 1. The maximum atomic E-state index is 12.0. The summed E-state index contributed by atoms with van der Waals surface area (Å²) in [4.78, 5) is 60.7. The van der Waals surface area contributed by atoms with Gasteiger partial charge < -0.3 is 72.2 Å². The van der Waals surface area contributed by atoms with E-state index in [4.69, 9.17) is 67.5 Å². The number of esters is 3. The number of carbonyl (C=O) groups excluding carboxylic acids is 4. The average Bonchev–Trinajstić information content (AvgIpc) is 1.66. The van der Waals surface area contributed by atoms with Crippen LogP contribution in [0.1, 0.15) is 158 Å². The smallest absolute Gasteiger partial charge is 0.550 e. The Balaban J connectivity index is 0.000000610. The number of likely N-dealkylation sites (N-methyl/N-ethyl adjacent to an activating group) is 2. The molecular weight excluding hydrogens is 1400 g/mol. The number of azo groups is 2. The molecule has 1 N–H and O–H groups in total. The fourth-order valence-electron chi connectivity index (χ4n) is 10.4. The molecule has 105 heavy (non-hydrogen) atoms. The predicted octanol–water partition coefficient (Wildman–Crippen LogP) is 12.7. The van der Waals surface area contributed by atoms with Crippen molar-refractivity contribution in [1.82, 2.24) is 0 Å². The van der Waals surface area contributed by atoms with Crippen molar-refractivity contribution in [2.24, 2.45) is 32.3 Å². The van der Waals surface area contributed by atoms with Crippen LogP contribution in [0.2, 0.25) is 0 Å². The van der Waals surface area contributed by atoms with E-state index in [-0.39, 0.29) is 73.7 Å². The number of nitrogens with zero attached hydrogens (tertiary/aromatic N) is 10. The minimum atomic E-state index is -1.20. The van der Waals surface area contributed by atoms with Crippen LogP contribution in [0.3, 0.4) is 0 Å². The van der Waals surface area contributed by atoms with Crippen LogP contribution < -0.4 is 44.5 Å². The molecule has 5 rings (SSSR count). The molecule has 0 bridgehead atoms. The average molecular weight is 1510 g/mol. The van der Waals surface area contributed by atoms with E-state index in [0.717, 1.165) is 99.2 Å². The Morgan fingerprint density at radius 1 is 0.600 bits per heavy atom. The van der Waals surface area contributed by atoms with Gasteiger partial charge in [0.1, 0.15) is 22.7 Å². The van der Waals surface area contributed by atoms with Crippen molar-refractivity contribution < 1.29 is 106 Å². The Labute approximate surface area is 652 Å². The van der Waals surface area contributed by atoms with Crippen LogP contribution in [0.15, 0.2) is 56.9 Å². The molecule has 3 heterocycles. The van der Waals surface area contributed by atoms with Crippen molar-refractivity contribution in [2.45, 2.75) is 158 Å². The molecule has 0 saturated carbocycles. The number of aliphatic hydroxyl groups excluding tert-OH is 1. The minimum absolute atomic E-state index is 0. The zero-order valence-electron chi connectivity index (χ0n) is 63.3. The molecule has 26 nitrogen and oxygen atoms in total. The van der Waals surface area contributed by atoms with E-state index in [2.05, 4.69) is 89.4 Å². The zero-order valence-corrected chi connectivity index (χ0v) is 67.0. The van der Waals surface area contributed by atoms with Gasteiger partial charge in [-0.2, -0.15) is 25.7 Å². The SMILES string of the molecule is CCCCCCCCC1CC(=O)OC1=O.[C-]#[N+]c1c(N=Nc2ccc(N(CC)CCOCCOCCOCCOCCOC(=O)CC(CCCCCCCC)C(=O)[O-])cc2C)sc(C#N)c1C.[C-]#[N+]c1sc(N=Nc2ccc(N(CC)CCOCCOCCOCCOCCO)cc2C)c([N+]#[C-])c1C.[Na+]. The van der Waals surface area contributed by atoms with Crippen molar-refractivity contribution in [2.75, 3.05) is 155 Å². The van der Waals surface area contributed by atoms with Gasteiger partial charge in [0.15, 0.2) is 0 Å². The van der Waals surface area contributed by atoms with Crippen molar-refractivity contribution in [1.29, 1.82) is 5.26 Å². The van der Waals surface area contributed by atoms with Crippen molar-refractivity contribution in [3.8, 4) is 6.07 Å². The Bertz CT molecular complexity index is 3380. The summed E-state index contributed by atoms with van der Waals surface area (Å²) in [6.07, 6.45) is 14.9. The van der Waals surface area contributed by atoms with Gasteiger partial charge in [-0.15, -0.1) is 22.7 Å². The number of ether oxygens (including phenoxy) is 10. The van der Waals surface area contributed by atoms with Gasteiger partial charge in [-0.1, -0.05) is 97.8 Å². The normalized spacial score (nSPS) is 12.7. The third-order valence-corrected chi connectivity index (χ3v) is 18.6. The maximum absolute atomic E-state index is 12.0. The molecule has 1 fully saturated rings. The van der Waals surface area contributed by atoms with E-state index in [1.165, 1.54) is 54.8 Å². The summed E-state index contributed by atoms with van der Waals surface area (Å²) < 4.78 is 53.5. The molecule has 572 valence electrons. The first-order chi connectivity index (χ1) is 50.5. The van der Waals surface area contributed by atoms with Gasteiger partial charge in [-0.3, -0.25) is 14.4 Å². The standard InChI is InChI=1S/C38H55N5O8S.C26H35N5O5S.C12H20O3.Na/c1-6-8-9-10-11-12-13-31(38(45)46)27-35(44)51-25-24-50-23-22-49-21-20-48-19-18-47-17-16-43(7-2)32-14-15-33(29(3)26-32)41-42-37-36(40-5)30(4)34(28-39)52-37;1-6-31(9-11-33-13-15-35-17-18-36-16-14-34-12-10-32)22-7-8-23(20(2)19-22)29-30-26-24(27-4)21(3)25(28-5)37-26;1-2-3-4-5-6-7-8-10-9-11(13)15-12(10)14;/h14-15,26,31H,6-13,16-25,27H2,1-4H3,(H,45,46);7-8,19,32H,6,9-18H2,1-3H3;10H,2-9H2,1H3;/q;;;+1/p-1. The summed E-state index contributed by atoms with van der Waals surface area (Å²) in [6.45, 7) is 48.2. The van der Waals surface area contributed by atoms with Gasteiger partial charge in [0, 0.05) is 49.4 Å². The summed E-state index contributed by atoms with van der Waals surface area (Å²) in [5, 5.41) is 47.9. The first-order valence-electron chi connectivity index (χ1n) is 36.2. The number of unbranched alkanes of at least 4 members (excludes halogenated alkanes) is 10. The van der Waals surface area contributed by atoms with E-state index < -0.39 is 17.9 Å². The number of rotatable bonds is 54. The van der Waals surface area contributed by atoms with E-state index in [0.29, 0.717) is 167 Å². The van der Waals surface area contributed by atoms with Crippen LogP contribution in [0.5, 0.6) is 0 Å². The molecule has 1 aliphatic rings. The quantitative estimate of drug-likeness (QED) is 0.0107. The van der Waals surface area contributed by atoms with Crippen LogP contribution in [-0.2, 0) is 66.5 Å². The molecule has 2 unspecified atom stereocenters. The van der Waals surface area contributed by atoms with E-state index in [9.17, 15) is 29.5 Å².